The van der Waals surface area contributed by atoms with Gasteiger partial charge in [-0.3, -0.25) is 0 Å². The number of H-pyrrole nitrogens is 1. The Kier molecular flexibility index (Phi) is 3.11. The molecule has 0 unspecified atom stereocenters. The molecule has 0 fully saturated rings. The third kappa shape index (κ3) is 2.29. The van der Waals surface area contributed by atoms with E-state index in [0.717, 1.165) is 22.6 Å². The molecule has 0 amide bonds. The second-order valence-electron chi connectivity index (χ2n) is 4.44. The molecule has 1 heterocycles. The van der Waals surface area contributed by atoms with E-state index in [1.165, 1.54) is 11.1 Å². The van der Waals surface area contributed by atoms with Gasteiger partial charge in [0.2, 0.25) is 0 Å². The number of aromatic amines is 1. The van der Waals surface area contributed by atoms with Crippen molar-refractivity contribution in [1.29, 1.82) is 0 Å². The molecule has 1 aromatic heterocycles. The second kappa shape index (κ2) is 4.41. The summed E-state index contributed by atoms with van der Waals surface area (Å²) in [6, 6.07) is 6.33. The van der Waals surface area contributed by atoms with Crippen LogP contribution in [0, 0.1) is 32.3 Å². The van der Waals surface area contributed by atoms with Gasteiger partial charge in [-0.05, 0) is 33.3 Å². The first kappa shape index (κ1) is 12.0. The standard InChI is InChI=1S/C14H16N2S/c1-8-5-6-12(9(2)7-8)13-14(17)16-11(4)10(3)15-13/h5-7H,1-4H3,(H,16,17). The highest BCUT2D eigenvalue weighted by Crippen LogP contribution is 2.23. The van der Waals surface area contributed by atoms with Crippen LogP contribution in [-0.4, -0.2) is 9.97 Å². The number of rotatable bonds is 1. The van der Waals surface area contributed by atoms with Gasteiger partial charge >= 0.3 is 0 Å². The Morgan fingerprint density at radius 2 is 1.82 bits per heavy atom. The Bertz CT molecular complexity index is 627. The predicted molar refractivity (Wildman–Crippen MR) is 73.8 cm³/mol. The van der Waals surface area contributed by atoms with Crippen LogP contribution in [0.1, 0.15) is 22.5 Å². The molecular weight excluding hydrogens is 228 g/mol. The fraction of sp³-hybridized carbons (Fsp3) is 0.286. The van der Waals surface area contributed by atoms with Gasteiger partial charge in [-0.1, -0.05) is 36.0 Å². The minimum Gasteiger partial charge on any atom is -0.347 e. The van der Waals surface area contributed by atoms with Gasteiger partial charge in [0, 0.05) is 11.3 Å². The Morgan fingerprint density at radius 3 is 2.47 bits per heavy atom. The maximum Gasteiger partial charge on any atom is 0.130 e. The average Bonchev–Trinajstić information content (AvgIpc) is 2.24. The van der Waals surface area contributed by atoms with Gasteiger partial charge in [-0.25, -0.2) is 4.98 Å². The molecule has 0 saturated carbocycles. The first-order valence-corrected chi connectivity index (χ1v) is 6.05. The fourth-order valence-electron chi connectivity index (χ4n) is 1.88. The number of nitrogens with zero attached hydrogens (tertiary/aromatic N) is 1. The summed E-state index contributed by atoms with van der Waals surface area (Å²) in [4.78, 5) is 7.80. The van der Waals surface area contributed by atoms with Crippen LogP contribution in [0.25, 0.3) is 11.3 Å². The van der Waals surface area contributed by atoms with Gasteiger partial charge in [0.25, 0.3) is 0 Å². The van der Waals surface area contributed by atoms with Crippen molar-refractivity contribution in [2.45, 2.75) is 27.7 Å². The van der Waals surface area contributed by atoms with Gasteiger partial charge in [0.05, 0.1) is 5.69 Å². The van der Waals surface area contributed by atoms with Gasteiger partial charge in [0.15, 0.2) is 0 Å². The van der Waals surface area contributed by atoms with E-state index < -0.39 is 0 Å². The van der Waals surface area contributed by atoms with E-state index >= 15 is 0 Å². The normalized spacial score (nSPS) is 10.6. The number of aromatic nitrogens is 2. The van der Waals surface area contributed by atoms with E-state index in [9.17, 15) is 0 Å². The lowest BCUT2D eigenvalue weighted by molar-refractivity contribution is 1.04. The summed E-state index contributed by atoms with van der Waals surface area (Å²) in [6.45, 7) is 8.16. The maximum absolute atomic E-state index is 5.36. The molecule has 0 saturated heterocycles. The van der Waals surface area contributed by atoms with Crippen LogP contribution in [0.5, 0.6) is 0 Å². The van der Waals surface area contributed by atoms with Crippen LogP contribution in [0.4, 0.5) is 0 Å². The summed E-state index contributed by atoms with van der Waals surface area (Å²) in [5.41, 5.74) is 6.47. The number of hydrogen-bond donors (Lipinski definition) is 1. The van der Waals surface area contributed by atoms with E-state index in [1.54, 1.807) is 0 Å². The molecule has 0 aliphatic heterocycles. The fourth-order valence-corrected chi connectivity index (χ4v) is 2.19. The predicted octanol–water partition coefficient (Wildman–Crippen LogP) is 4.04. The first-order valence-electron chi connectivity index (χ1n) is 5.64. The number of benzene rings is 1. The van der Waals surface area contributed by atoms with Gasteiger partial charge < -0.3 is 4.98 Å². The zero-order chi connectivity index (χ0) is 12.6. The Balaban J connectivity index is 2.69. The minimum atomic E-state index is 0.708. The van der Waals surface area contributed by atoms with Crippen molar-refractivity contribution in [3.8, 4) is 11.3 Å². The maximum atomic E-state index is 5.36. The molecule has 0 aliphatic carbocycles. The molecule has 0 aliphatic rings. The number of hydrogen-bond acceptors (Lipinski definition) is 2. The van der Waals surface area contributed by atoms with Crippen LogP contribution >= 0.6 is 12.2 Å². The van der Waals surface area contributed by atoms with Crippen molar-refractivity contribution >= 4 is 12.2 Å². The van der Waals surface area contributed by atoms with Crippen molar-refractivity contribution in [2.24, 2.45) is 0 Å². The van der Waals surface area contributed by atoms with Gasteiger partial charge in [-0.15, -0.1) is 0 Å². The van der Waals surface area contributed by atoms with Crippen molar-refractivity contribution in [2.75, 3.05) is 0 Å². The summed E-state index contributed by atoms with van der Waals surface area (Å²) in [5, 5.41) is 0. The molecule has 17 heavy (non-hydrogen) atoms. The van der Waals surface area contributed by atoms with Gasteiger partial charge in [0.1, 0.15) is 10.3 Å². The van der Waals surface area contributed by atoms with Crippen LogP contribution in [0.15, 0.2) is 18.2 Å². The summed E-state index contributed by atoms with van der Waals surface area (Å²) < 4.78 is 0.708. The highest BCUT2D eigenvalue weighted by atomic mass is 32.1. The first-order chi connectivity index (χ1) is 7.99. The Labute approximate surface area is 107 Å². The van der Waals surface area contributed by atoms with E-state index in [2.05, 4.69) is 42.0 Å². The van der Waals surface area contributed by atoms with Crippen LogP contribution in [0.2, 0.25) is 0 Å². The topological polar surface area (TPSA) is 28.7 Å². The Morgan fingerprint density at radius 1 is 1.12 bits per heavy atom. The van der Waals surface area contributed by atoms with E-state index in [-0.39, 0.29) is 0 Å². The quantitative estimate of drug-likeness (QED) is 0.767. The summed E-state index contributed by atoms with van der Waals surface area (Å²) in [5.74, 6) is 0. The molecule has 1 aromatic carbocycles. The van der Waals surface area contributed by atoms with Crippen LogP contribution < -0.4 is 0 Å². The van der Waals surface area contributed by atoms with Crippen molar-refractivity contribution in [3.05, 3.63) is 45.4 Å². The largest absolute Gasteiger partial charge is 0.347 e. The number of nitrogens with one attached hydrogen (secondary N) is 1. The van der Waals surface area contributed by atoms with Crippen molar-refractivity contribution in [1.82, 2.24) is 9.97 Å². The summed E-state index contributed by atoms with van der Waals surface area (Å²) in [6.07, 6.45) is 0. The Hall–Kier alpha value is -1.48. The van der Waals surface area contributed by atoms with E-state index in [4.69, 9.17) is 12.2 Å². The lowest BCUT2D eigenvalue weighted by Crippen LogP contribution is -1.97. The molecule has 88 valence electrons. The lowest BCUT2D eigenvalue weighted by atomic mass is 10.0. The molecule has 0 radical (unpaired) electrons. The molecule has 1 N–H and O–H groups in total. The third-order valence-electron chi connectivity index (χ3n) is 2.98. The van der Waals surface area contributed by atoms with Crippen LogP contribution in [-0.2, 0) is 0 Å². The molecule has 0 bridgehead atoms. The van der Waals surface area contributed by atoms with Crippen molar-refractivity contribution in [3.63, 3.8) is 0 Å². The zero-order valence-corrected chi connectivity index (χ0v) is 11.4. The smallest absolute Gasteiger partial charge is 0.130 e. The summed E-state index contributed by atoms with van der Waals surface area (Å²) >= 11 is 5.36. The molecule has 0 spiro atoms. The molecule has 3 heteroatoms. The highest BCUT2D eigenvalue weighted by Gasteiger charge is 2.07. The molecule has 2 rings (SSSR count). The summed E-state index contributed by atoms with van der Waals surface area (Å²) in [7, 11) is 0. The third-order valence-corrected chi connectivity index (χ3v) is 3.27. The average molecular weight is 244 g/mol. The van der Waals surface area contributed by atoms with E-state index in [0.29, 0.717) is 4.64 Å². The van der Waals surface area contributed by atoms with Gasteiger partial charge in [-0.2, -0.15) is 0 Å². The van der Waals surface area contributed by atoms with Crippen molar-refractivity contribution < 1.29 is 0 Å². The molecule has 2 nitrogen and oxygen atoms in total. The molecular formula is C14H16N2S. The van der Waals surface area contributed by atoms with Crippen LogP contribution in [0.3, 0.4) is 0 Å². The highest BCUT2D eigenvalue weighted by molar-refractivity contribution is 7.71. The monoisotopic (exact) mass is 244 g/mol. The van der Waals surface area contributed by atoms with E-state index in [1.807, 2.05) is 13.8 Å². The molecule has 0 atom stereocenters. The second-order valence-corrected chi connectivity index (χ2v) is 4.85. The minimum absolute atomic E-state index is 0.708. The SMILES string of the molecule is Cc1ccc(-c2nc(C)c(C)[nH]c2=S)c(C)c1. The zero-order valence-electron chi connectivity index (χ0n) is 10.6. The number of aryl methyl sites for hydroxylation is 4. The molecule has 2 aromatic rings. The lowest BCUT2D eigenvalue weighted by Gasteiger charge is -2.09.